The number of rotatable bonds is 10. The molecule has 0 saturated heterocycles. The largest absolute Gasteiger partial charge is 0.464 e. The number of esters is 1. The van der Waals surface area contributed by atoms with Crippen molar-refractivity contribution in [1.29, 1.82) is 0 Å². The Kier molecular flexibility index (Phi) is 10.9. The number of aliphatic hydroxyl groups excluding tert-OH is 1. The molecule has 2 aromatic rings. The number of pyridine rings is 1. The van der Waals surface area contributed by atoms with Crippen LogP contribution in [0.25, 0.3) is 0 Å². The van der Waals surface area contributed by atoms with Crippen LogP contribution in [0.1, 0.15) is 137 Å². The lowest BCUT2D eigenvalue weighted by atomic mass is 9.36. The van der Waals surface area contributed by atoms with Crippen LogP contribution in [0.5, 0.6) is 0 Å². The maximum absolute atomic E-state index is 14.6. The van der Waals surface area contributed by atoms with Crippen LogP contribution in [0.4, 0.5) is 0 Å². The molecule has 2 amide bonds. The first-order valence-electron chi connectivity index (χ1n) is 21.2. The smallest absolute Gasteiger partial charge is 0.356 e. The summed E-state index contributed by atoms with van der Waals surface area (Å²) in [6.07, 6.45) is 14.0. The fourth-order valence-electron chi connectivity index (χ4n) is 14.0. The van der Waals surface area contributed by atoms with E-state index in [2.05, 4.69) is 56.8 Å². The van der Waals surface area contributed by atoms with Gasteiger partial charge in [-0.1, -0.05) is 51.5 Å². The Bertz CT molecular complexity index is 1810. The summed E-state index contributed by atoms with van der Waals surface area (Å²) in [6, 6.07) is 11.0. The van der Waals surface area contributed by atoms with Gasteiger partial charge in [-0.2, -0.15) is 0 Å². The van der Waals surface area contributed by atoms with Crippen molar-refractivity contribution < 1.29 is 24.2 Å². The number of methoxy groups -OCH3 is 1. The molecular formula is C47H65N3O5. The number of carbonyl (C=O) groups excluding carboxylic acids is 3. The first kappa shape index (κ1) is 39.7. The monoisotopic (exact) mass is 751 g/mol. The molecule has 0 spiro atoms. The van der Waals surface area contributed by atoms with Gasteiger partial charge in [-0.15, -0.1) is 6.58 Å². The van der Waals surface area contributed by atoms with Crippen molar-refractivity contribution in [1.82, 2.24) is 15.6 Å². The average molecular weight is 752 g/mol. The predicted octanol–water partition coefficient (Wildman–Crippen LogP) is 8.48. The van der Waals surface area contributed by atoms with Crippen molar-refractivity contribution in [2.24, 2.45) is 57.2 Å². The molecule has 55 heavy (non-hydrogen) atoms. The molecule has 298 valence electrons. The number of amides is 2. The van der Waals surface area contributed by atoms with E-state index in [4.69, 9.17) is 4.74 Å². The molecule has 1 heterocycles. The number of nitrogens with zero attached hydrogens (tertiary/aromatic N) is 1. The highest BCUT2D eigenvalue weighted by Gasteiger charge is 2.68. The number of hydrogen-bond acceptors (Lipinski definition) is 6. The summed E-state index contributed by atoms with van der Waals surface area (Å²) in [7, 11) is 1.31. The molecule has 0 radical (unpaired) electrons. The molecule has 8 nitrogen and oxygen atoms in total. The van der Waals surface area contributed by atoms with E-state index in [-0.39, 0.29) is 51.8 Å². The minimum absolute atomic E-state index is 0.0472. The van der Waals surface area contributed by atoms with Gasteiger partial charge in [0.2, 0.25) is 5.91 Å². The SMILES string of the molecule is C=C(C)CC1CCC2(C(=O)NCCc3cccc(C(=O)NCc4cccnc4C(=O)OC)c3)CCC3C(CCC4C3(C)CCC3C(C)(C)C(O)CCC34C)C12. The average Bonchev–Trinajstić information content (AvgIpc) is 3.54. The zero-order valence-corrected chi connectivity index (χ0v) is 34.2. The predicted molar refractivity (Wildman–Crippen MR) is 215 cm³/mol. The number of hydrogen-bond donors (Lipinski definition) is 3. The van der Waals surface area contributed by atoms with Gasteiger partial charge in [0.05, 0.1) is 18.6 Å². The van der Waals surface area contributed by atoms with Crippen molar-refractivity contribution in [2.45, 2.75) is 124 Å². The molecule has 3 N–H and O–H groups in total. The second-order valence-corrected chi connectivity index (χ2v) is 19.5. The van der Waals surface area contributed by atoms with E-state index in [0.717, 1.165) is 50.5 Å². The highest BCUT2D eigenvalue weighted by molar-refractivity contribution is 5.94. The number of benzene rings is 1. The fourth-order valence-corrected chi connectivity index (χ4v) is 14.0. The third-order valence-electron chi connectivity index (χ3n) is 16.4. The summed E-state index contributed by atoms with van der Waals surface area (Å²) in [5.41, 5.74) is 3.66. The number of allylic oxidation sites excluding steroid dienone is 1. The van der Waals surface area contributed by atoms with Gasteiger partial charge in [-0.25, -0.2) is 9.78 Å². The van der Waals surface area contributed by atoms with Crippen molar-refractivity contribution in [3.63, 3.8) is 0 Å². The van der Waals surface area contributed by atoms with Crippen LogP contribution in [-0.2, 0) is 22.5 Å². The Morgan fingerprint density at radius 2 is 1.67 bits per heavy atom. The molecule has 5 saturated carbocycles. The summed E-state index contributed by atoms with van der Waals surface area (Å²) in [6.45, 7) is 17.1. The summed E-state index contributed by atoms with van der Waals surface area (Å²) in [4.78, 5) is 44.0. The van der Waals surface area contributed by atoms with Crippen molar-refractivity contribution in [3.8, 4) is 0 Å². The molecule has 1 aromatic heterocycles. The maximum atomic E-state index is 14.6. The van der Waals surface area contributed by atoms with E-state index < -0.39 is 5.97 Å². The Balaban J connectivity index is 1.03. The number of carbonyl (C=O) groups is 3. The van der Waals surface area contributed by atoms with E-state index in [1.807, 2.05) is 18.2 Å². The molecule has 5 aliphatic carbocycles. The standard InChI is InChI=1S/C47H65N3O5/c1-29(2)26-31-15-22-47(23-16-35-34(39(31)47)13-14-37-45(35,5)20-17-36-44(3,4)38(51)18-21-46(36,37)6)43(54)49-25-19-30-10-8-11-32(27-30)41(52)50-28-33-12-9-24-48-40(33)42(53)55-7/h8-12,24,27,31,34-39,51H,1,13-23,25-26,28H2,2-7H3,(H,49,54)(H,50,52). The molecule has 10 atom stereocenters. The zero-order chi connectivity index (χ0) is 39.3. The van der Waals surface area contributed by atoms with E-state index in [9.17, 15) is 19.5 Å². The third-order valence-corrected chi connectivity index (χ3v) is 16.4. The van der Waals surface area contributed by atoms with E-state index >= 15 is 0 Å². The Labute approximate surface area is 329 Å². The number of ether oxygens (including phenoxy) is 1. The summed E-state index contributed by atoms with van der Waals surface area (Å²) < 4.78 is 4.84. The number of aromatic nitrogens is 1. The van der Waals surface area contributed by atoms with Gasteiger partial charge in [-0.05, 0) is 159 Å². The van der Waals surface area contributed by atoms with Crippen LogP contribution in [0.2, 0.25) is 0 Å². The Morgan fingerprint density at radius 1 is 0.909 bits per heavy atom. The third kappa shape index (κ3) is 6.86. The summed E-state index contributed by atoms with van der Waals surface area (Å²) >= 11 is 0. The molecular weight excluding hydrogens is 687 g/mol. The second-order valence-electron chi connectivity index (χ2n) is 19.5. The number of fused-ring (bicyclic) bond motifs is 7. The molecule has 10 unspecified atom stereocenters. The second kappa shape index (κ2) is 15.1. The molecule has 0 bridgehead atoms. The minimum Gasteiger partial charge on any atom is -0.464 e. The lowest BCUT2D eigenvalue weighted by molar-refractivity contribution is -0.216. The molecule has 1 aromatic carbocycles. The molecule has 5 aliphatic rings. The highest BCUT2D eigenvalue weighted by atomic mass is 16.5. The van der Waals surface area contributed by atoms with Crippen LogP contribution in [0, 0.1) is 57.2 Å². The van der Waals surface area contributed by atoms with Crippen LogP contribution in [0.3, 0.4) is 0 Å². The highest BCUT2D eigenvalue weighted by Crippen LogP contribution is 2.73. The molecule has 7 rings (SSSR count). The van der Waals surface area contributed by atoms with Gasteiger partial charge >= 0.3 is 5.97 Å². The van der Waals surface area contributed by atoms with Gasteiger partial charge in [0.25, 0.3) is 5.91 Å². The van der Waals surface area contributed by atoms with Crippen LogP contribution < -0.4 is 10.6 Å². The molecule has 0 aliphatic heterocycles. The summed E-state index contributed by atoms with van der Waals surface area (Å²) in [5.74, 6) is 2.74. The maximum Gasteiger partial charge on any atom is 0.356 e. The van der Waals surface area contributed by atoms with Crippen LogP contribution in [-0.4, -0.2) is 47.6 Å². The zero-order valence-electron chi connectivity index (χ0n) is 34.2. The number of aliphatic hydroxyl groups is 1. The Morgan fingerprint density at radius 3 is 2.44 bits per heavy atom. The van der Waals surface area contributed by atoms with Gasteiger partial charge in [0.15, 0.2) is 5.69 Å². The fraction of sp³-hybridized carbons (Fsp3) is 0.660. The first-order chi connectivity index (χ1) is 26.2. The lowest BCUT2D eigenvalue weighted by Crippen LogP contribution is -2.64. The van der Waals surface area contributed by atoms with E-state index in [1.165, 1.54) is 44.6 Å². The van der Waals surface area contributed by atoms with Crippen molar-refractivity contribution in [2.75, 3.05) is 13.7 Å². The van der Waals surface area contributed by atoms with Crippen LogP contribution in [0.15, 0.2) is 54.7 Å². The minimum atomic E-state index is -0.541. The summed E-state index contributed by atoms with van der Waals surface area (Å²) in [5, 5.41) is 17.4. The first-order valence-corrected chi connectivity index (χ1v) is 21.2. The van der Waals surface area contributed by atoms with E-state index in [0.29, 0.717) is 59.6 Å². The number of nitrogens with one attached hydrogen (secondary N) is 2. The van der Waals surface area contributed by atoms with E-state index in [1.54, 1.807) is 18.2 Å². The van der Waals surface area contributed by atoms with Gasteiger partial charge in [0, 0.05) is 30.4 Å². The molecule has 5 fully saturated rings. The quantitative estimate of drug-likeness (QED) is 0.166. The normalized spacial score (nSPS) is 35.9. The van der Waals surface area contributed by atoms with Crippen molar-refractivity contribution >= 4 is 17.8 Å². The van der Waals surface area contributed by atoms with Crippen LogP contribution >= 0.6 is 0 Å². The van der Waals surface area contributed by atoms with Gasteiger partial charge in [-0.3, -0.25) is 9.59 Å². The van der Waals surface area contributed by atoms with Gasteiger partial charge in [0.1, 0.15) is 0 Å². The molecule has 8 heteroatoms. The van der Waals surface area contributed by atoms with Crippen molar-refractivity contribution in [3.05, 3.63) is 77.1 Å². The lowest BCUT2D eigenvalue weighted by Gasteiger charge is -2.69. The van der Waals surface area contributed by atoms with Gasteiger partial charge < -0.3 is 20.5 Å². The topological polar surface area (TPSA) is 118 Å². The Hall–Kier alpha value is -3.52.